The van der Waals surface area contributed by atoms with Crippen LogP contribution in [-0.4, -0.2) is 43.9 Å². The fourth-order valence-electron chi connectivity index (χ4n) is 4.07. The Bertz CT molecular complexity index is 745. The van der Waals surface area contributed by atoms with E-state index in [9.17, 15) is 5.11 Å². The minimum atomic E-state index is -0.133. The van der Waals surface area contributed by atoms with E-state index in [0.29, 0.717) is 0 Å². The van der Waals surface area contributed by atoms with E-state index < -0.39 is 0 Å². The fraction of sp³-hybridized carbons (Fsp3) is 0.455. The number of methoxy groups -OCH3 is 2. The molecule has 27 heavy (non-hydrogen) atoms. The number of ether oxygens (including phenoxy) is 2. The van der Waals surface area contributed by atoms with Gasteiger partial charge in [0.15, 0.2) is 0 Å². The van der Waals surface area contributed by atoms with Gasteiger partial charge in [0.25, 0.3) is 0 Å². The molecule has 1 heterocycles. The quantitative estimate of drug-likeness (QED) is 0.771. The fourth-order valence-corrected chi connectivity index (χ4v) is 4.28. The van der Waals surface area contributed by atoms with Gasteiger partial charge in [0, 0.05) is 29.6 Å². The van der Waals surface area contributed by atoms with Crippen LogP contribution in [0.4, 0.5) is 0 Å². The van der Waals surface area contributed by atoms with Crippen LogP contribution >= 0.6 is 11.6 Å². The summed E-state index contributed by atoms with van der Waals surface area (Å²) >= 11 is 6.15. The Morgan fingerprint density at radius 1 is 1.07 bits per heavy atom. The topological polar surface area (TPSA) is 41.9 Å². The molecule has 3 rings (SSSR count). The van der Waals surface area contributed by atoms with E-state index in [4.69, 9.17) is 21.1 Å². The first-order valence-electron chi connectivity index (χ1n) is 9.35. The molecule has 0 aromatic heterocycles. The molecule has 1 fully saturated rings. The smallest absolute Gasteiger partial charge is 0.122 e. The maximum Gasteiger partial charge on any atom is 0.122 e. The Kier molecular flexibility index (Phi) is 6.64. The normalized spacial score (nSPS) is 20.4. The summed E-state index contributed by atoms with van der Waals surface area (Å²) in [7, 11) is 3.34. The SMILES string of the molecule is COc1cc(CN2CCCC(CO)(Cc3cccc(Cl)c3)C2)cc(OC)c1. The Morgan fingerprint density at radius 2 is 1.81 bits per heavy atom. The number of likely N-dealkylation sites (tertiary alicyclic amines) is 1. The molecule has 1 atom stereocenters. The Balaban J connectivity index is 1.74. The highest BCUT2D eigenvalue weighted by molar-refractivity contribution is 6.30. The highest BCUT2D eigenvalue weighted by atomic mass is 35.5. The number of aliphatic hydroxyl groups excluding tert-OH is 1. The second kappa shape index (κ2) is 8.96. The number of hydrogen-bond acceptors (Lipinski definition) is 4. The van der Waals surface area contributed by atoms with Gasteiger partial charge in [0.05, 0.1) is 20.8 Å². The third-order valence-electron chi connectivity index (χ3n) is 5.36. The zero-order chi connectivity index (χ0) is 19.3. The van der Waals surface area contributed by atoms with Gasteiger partial charge in [0.1, 0.15) is 11.5 Å². The van der Waals surface area contributed by atoms with E-state index in [2.05, 4.69) is 23.1 Å². The number of benzene rings is 2. The molecule has 1 aliphatic heterocycles. The summed E-state index contributed by atoms with van der Waals surface area (Å²) in [6.45, 7) is 2.87. The molecule has 0 spiro atoms. The van der Waals surface area contributed by atoms with Crippen molar-refractivity contribution < 1.29 is 14.6 Å². The van der Waals surface area contributed by atoms with Gasteiger partial charge in [0.2, 0.25) is 0 Å². The molecular formula is C22H28ClNO3. The zero-order valence-corrected chi connectivity index (χ0v) is 16.8. The van der Waals surface area contributed by atoms with Crippen LogP contribution in [0.25, 0.3) is 0 Å². The Labute approximate surface area is 166 Å². The summed E-state index contributed by atoms with van der Waals surface area (Å²) < 4.78 is 10.8. The maximum absolute atomic E-state index is 10.2. The van der Waals surface area contributed by atoms with E-state index in [1.807, 2.05) is 24.3 Å². The third kappa shape index (κ3) is 5.16. The van der Waals surface area contributed by atoms with Gasteiger partial charge in [-0.15, -0.1) is 0 Å². The molecule has 0 saturated carbocycles. The van der Waals surface area contributed by atoms with E-state index in [1.165, 1.54) is 5.56 Å². The highest BCUT2D eigenvalue weighted by Crippen LogP contribution is 2.35. The van der Waals surface area contributed by atoms with Crippen LogP contribution in [-0.2, 0) is 13.0 Å². The second-order valence-electron chi connectivity index (χ2n) is 7.50. The zero-order valence-electron chi connectivity index (χ0n) is 16.1. The van der Waals surface area contributed by atoms with Crippen LogP contribution in [0.2, 0.25) is 5.02 Å². The molecule has 4 nitrogen and oxygen atoms in total. The van der Waals surface area contributed by atoms with Gasteiger partial charge in [-0.25, -0.2) is 0 Å². The number of aliphatic hydroxyl groups is 1. The van der Waals surface area contributed by atoms with Gasteiger partial charge in [-0.1, -0.05) is 23.7 Å². The van der Waals surface area contributed by atoms with Crippen LogP contribution < -0.4 is 9.47 Å². The minimum Gasteiger partial charge on any atom is -0.497 e. The summed E-state index contributed by atoms with van der Waals surface area (Å²) in [5.74, 6) is 1.60. The van der Waals surface area contributed by atoms with E-state index >= 15 is 0 Å². The van der Waals surface area contributed by atoms with Gasteiger partial charge in [-0.05, 0) is 61.2 Å². The lowest BCUT2D eigenvalue weighted by Gasteiger charge is -2.42. The standard InChI is InChI=1S/C22H28ClNO3/c1-26-20-10-18(11-21(12-20)27-2)14-24-8-4-7-22(15-24,16-25)13-17-5-3-6-19(23)9-17/h3,5-6,9-12,25H,4,7-8,13-16H2,1-2H3. The first-order chi connectivity index (χ1) is 13.1. The van der Waals surface area contributed by atoms with Crippen molar-refractivity contribution in [3.05, 3.63) is 58.6 Å². The number of piperidine rings is 1. The first-order valence-corrected chi connectivity index (χ1v) is 9.73. The molecule has 5 heteroatoms. The summed E-state index contributed by atoms with van der Waals surface area (Å²) in [6, 6.07) is 14.0. The molecule has 1 unspecified atom stereocenters. The van der Waals surface area contributed by atoms with E-state index in [1.54, 1.807) is 14.2 Å². The lowest BCUT2D eigenvalue weighted by Crippen LogP contribution is -2.46. The molecule has 0 aliphatic carbocycles. The molecule has 1 aliphatic rings. The summed E-state index contributed by atoms with van der Waals surface area (Å²) in [6.07, 6.45) is 2.93. The Hall–Kier alpha value is -1.75. The van der Waals surface area contributed by atoms with Gasteiger partial charge in [-0.3, -0.25) is 4.90 Å². The van der Waals surface area contributed by atoms with E-state index in [0.717, 1.165) is 61.0 Å². The molecule has 2 aromatic carbocycles. The average Bonchev–Trinajstić information content (AvgIpc) is 2.68. The van der Waals surface area contributed by atoms with Crippen molar-refractivity contribution in [1.29, 1.82) is 0 Å². The number of halogens is 1. The largest absolute Gasteiger partial charge is 0.497 e. The predicted molar refractivity (Wildman–Crippen MR) is 109 cm³/mol. The van der Waals surface area contributed by atoms with Crippen molar-refractivity contribution in [2.75, 3.05) is 33.9 Å². The van der Waals surface area contributed by atoms with Crippen molar-refractivity contribution in [2.24, 2.45) is 5.41 Å². The molecular weight excluding hydrogens is 362 g/mol. The average molecular weight is 390 g/mol. The van der Waals surface area contributed by atoms with Gasteiger partial charge in [-0.2, -0.15) is 0 Å². The van der Waals surface area contributed by atoms with Crippen LogP contribution in [0.3, 0.4) is 0 Å². The van der Waals surface area contributed by atoms with Crippen LogP contribution in [0, 0.1) is 5.41 Å². The van der Waals surface area contributed by atoms with Crippen LogP contribution in [0.15, 0.2) is 42.5 Å². The molecule has 1 saturated heterocycles. The predicted octanol–water partition coefficient (Wildman–Crippen LogP) is 4.17. The number of nitrogens with zero attached hydrogens (tertiary/aromatic N) is 1. The molecule has 0 bridgehead atoms. The minimum absolute atomic E-state index is 0.133. The number of rotatable bonds is 7. The van der Waals surface area contributed by atoms with Crippen molar-refractivity contribution in [1.82, 2.24) is 4.90 Å². The van der Waals surface area contributed by atoms with Crippen molar-refractivity contribution >= 4 is 11.6 Å². The molecule has 146 valence electrons. The molecule has 2 aromatic rings. The maximum atomic E-state index is 10.2. The summed E-state index contributed by atoms with van der Waals surface area (Å²) in [4.78, 5) is 2.42. The van der Waals surface area contributed by atoms with Crippen molar-refractivity contribution in [3.63, 3.8) is 0 Å². The summed E-state index contributed by atoms with van der Waals surface area (Å²) in [5.41, 5.74) is 2.20. The third-order valence-corrected chi connectivity index (χ3v) is 5.60. The Morgan fingerprint density at radius 3 is 2.44 bits per heavy atom. The molecule has 0 radical (unpaired) electrons. The summed E-state index contributed by atoms with van der Waals surface area (Å²) in [5, 5.41) is 11.0. The van der Waals surface area contributed by atoms with Crippen molar-refractivity contribution in [2.45, 2.75) is 25.8 Å². The van der Waals surface area contributed by atoms with Crippen LogP contribution in [0.5, 0.6) is 11.5 Å². The number of hydrogen-bond donors (Lipinski definition) is 1. The van der Waals surface area contributed by atoms with Gasteiger partial charge < -0.3 is 14.6 Å². The monoisotopic (exact) mass is 389 g/mol. The lowest BCUT2D eigenvalue weighted by molar-refractivity contribution is 0.0288. The second-order valence-corrected chi connectivity index (χ2v) is 7.94. The van der Waals surface area contributed by atoms with Crippen molar-refractivity contribution in [3.8, 4) is 11.5 Å². The molecule has 0 amide bonds. The van der Waals surface area contributed by atoms with Crippen LogP contribution in [0.1, 0.15) is 24.0 Å². The highest BCUT2D eigenvalue weighted by Gasteiger charge is 2.35. The van der Waals surface area contributed by atoms with E-state index in [-0.39, 0.29) is 12.0 Å². The molecule has 1 N–H and O–H groups in total. The van der Waals surface area contributed by atoms with Gasteiger partial charge >= 0.3 is 0 Å². The first kappa shape index (κ1) is 20.0. The lowest BCUT2D eigenvalue weighted by atomic mass is 9.75.